The monoisotopic (exact) mass is 500 g/mol. The van der Waals surface area contributed by atoms with Crippen molar-refractivity contribution < 1.29 is 14.7 Å². The van der Waals surface area contributed by atoms with Crippen LogP contribution in [0.5, 0.6) is 0 Å². The first kappa shape index (κ1) is 33.1. The number of nitrogens with one attached hydrogen (secondary N) is 2. The van der Waals surface area contributed by atoms with Gasteiger partial charge in [0.1, 0.15) is 0 Å². The number of benzene rings is 2. The van der Waals surface area contributed by atoms with Crippen molar-refractivity contribution in [2.45, 2.75) is 52.9 Å². The van der Waals surface area contributed by atoms with E-state index in [2.05, 4.69) is 41.5 Å². The van der Waals surface area contributed by atoms with E-state index in [1.165, 1.54) is 24.8 Å². The van der Waals surface area contributed by atoms with Crippen LogP contribution in [-0.2, 0) is 4.79 Å². The van der Waals surface area contributed by atoms with Crippen LogP contribution in [0.3, 0.4) is 0 Å². The van der Waals surface area contributed by atoms with Crippen molar-refractivity contribution in [2.75, 3.05) is 52.2 Å². The van der Waals surface area contributed by atoms with E-state index in [9.17, 15) is 9.59 Å². The lowest BCUT2D eigenvalue weighted by Gasteiger charge is -2.28. The number of likely N-dealkylation sites (tertiary alicyclic amines) is 1. The standard InChI is InChI=1S/C23H30N4O2.C3H8.C2H6.CH4O/c1-26(22(28)16-24-23(29)25-21-12-6-3-7-13-21)17-20(18-27-14-8-9-15-27)19-10-4-2-5-11-19;1-3-2;2*1-2/h2-7,10-13,20H,8-9,14-18H2,1H3,(H2,24,25,29);3H2,1-2H3;1-2H3;2H,1H3. The molecule has 2 aromatic carbocycles. The molecule has 7 nitrogen and oxygen atoms in total. The largest absolute Gasteiger partial charge is 0.400 e. The highest BCUT2D eigenvalue weighted by atomic mass is 16.2. The fraction of sp³-hybridized carbons (Fsp3) is 0.517. The van der Waals surface area contributed by atoms with Gasteiger partial charge in [0.05, 0.1) is 6.54 Å². The number of likely N-dealkylation sites (N-methyl/N-ethyl adjacent to an activating group) is 1. The third-order valence-corrected chi connectivity index (χ3v) is 5.30. The number of hydrogen-bond acceptors (Lipinski definition) is 4. The Bertz CT molecular complexity index is 797. The summed E-state index contributed by atoms with van der Waals surface area (Å²) in [5.74, 6) is 0.150. The molecular weight excluding hydrogens is 452 g/mol. The van der Waals surface area contributed by atoms with Crippen LogP contribution in [0.1, 0.15) is 58.4 Å². The van der Waals surface area contributed by atoms with Gasteiger partial charge in [0, 0.05) is 38.9 Å². The van der Waals surface area contributed by atoms with Crippen LogP contribution in [0, 0.1) is 0 Å². The van der Waals surface area contributed by atoms with Gasteiger partial charge in [-0.3, -0.25) is 4.79 Å². The smallest absolute Gasteiger partial charge is 0.319 e. The molecule has 36 heavy (non-hydrogen) atoms. The van der Waals surface area contributed by atoms with Crippen LogP contribution in [0.25, 0.3) is 0 Å². The summed E-state index contributed by atoms with van der Waals surface area (Å²) < 4.78 is 0. The first-order chi connectivity index (χ1) is 17.5. The first-order valence-corrected chi connectivity index (χ1v) is 13.1. The molecule has 0 radical (unpaired) electrons. The van der Waals surface area contributed by atoms with Crippen LogP contribution in [0.2, 0.25) is 0 Å². The van der Waals surface area contributed by atoms with Gasteiger partial charge in [0.2, 0.25) is 5.91 Å². The minimum atomic E-state index is -0.380. The van der Waals surface area contributed by atoms with Gasteiger partial charge in [0.25, 0.3) is 0 Å². The van der Waals surface area contributed by atoms with E-state index in [4.69, 9.17) is 5.11 Å². The zero-order valence-corrected chi connectivity index (χ0v) is 23.2. The SMILES string of the molecule is CC.CCC.CN(CC(CN1CCCC1)c1ccccc1)C(=O)CNC(=O)Nc1ccccc1.CO. The minimum absolute atomic E-state index is 0.0274. The van der Waals surface area contributed by atoms with Gasteiger partial charge >= 0.3 is 6.03 Å². The van der Waals surface area contributed by atoms with Gasteiger partial charge < -0.3 is 25.5 Å². The van der Waals surface area contributed by atoms with E-state index in [1.54, 1.807) is 24.1 Å². The third-order valence-electron chi connectivity index (χ3n) is 5.30. The molecule has 0 aromatic heterocycles. The Labute approximate surface area is 218 Å². The van der Waals surface area contributed by atoms with Gasteiger partial charge in [-0.1, -0.05) is 82.6 Å². The quantitative estimate of drug-likeness (QED) is 0.465. The lowest BCUT2D eigenvalue weighted by atomic mass is 9.98. The lowest BCUT2D eigenvalue weighted by Crippen LogP contribution is -2.42. The van der Waals surface area contributed by atoms with E-state index in [1.807, 2.05) is 50.2 Å². The predicted octanol–water partition coefficient (Wildman–Crippen LogP) is 5.20. The van der Waals surface area contributed by atoms with Crippen molar-refractivity contribution in [3.8, 4) is 0 Å². The highest BCUT2D eigenvalue weighted by Crippen LogP contribution is 2.21. The maximum atomic E-state index is 12.6. The molecule has 1 atom stereocenters. The molecule has 2 aromatic rings. The average molecular weight is 501 g/mol. The number of amides is 3. The number of anilines is 1. The topological polar surface area (TPSA) is 84.9 Å². The summed E-state index contributed by atoms with van der Waals surface area (Å²) in [6.07, 6.45) is 3.74. The normalized spacial score (nSPS) is 12.9. The molecule has 3 N–H and O–H groups in total. The van der Waals surface area contributed by atoms with Gasteiger partial charge in [-0.05, 0) is 43.6 Å². The molecule has 0 saturated carbocycles. The molecule has 1 fully saturated rings. The molecule has 0 spiro atoms. The van der Waals surface area contributed by atoms with Crippen molar-refractivity contribution in [1.82, 2.24) is 15.1 Å². The number of carbonyl (C=O) groups excluding carboxylic acids is 2. The van der Waals surface area contributed by atoms with Crippen molar-refractivity contribution in [3.05, 3.63) is 66.2 Å². The van der Waals surface area contributed by atoms with Crippen LogP contribution in [0.4, 0.5) is 10.5 Å². The number of para-hydroxylation sites is 1. The summed E-state index contributed by atoms with van der Waals surface area (Å²) in [5, 5.41) is 12.4. The van der Waals surface area contributed by atoms with Crippen molar-refractivity contribution in [2.24, 2.45) is 0 Å². The molecule has 1 heterocycles. The van der Waals surface area contributed by atoms with E-state index >= 15 is 0 Å². The van der Waals surface area contributed by atoms with Gasteiger partial charge in [-0.25, -0.2) is 4.79 Å². The number of rotatable bonds is 8. The van der Waals surface area contributed by atoms with E-state index in [0.717, 1.165) is 26.7 Å². The maximum Gasteiger partial charge on any atom is 0.319 e. The van der Waals surface area contributed by atoms with E-state index in [-0.39, 0.29) is 24.4 Å². The Morgan fingerprint density at radius 1 is 0.944 bits per heavy atom. The number of hydrogen-bond donors (Lipinski definition) is 3. The third kappa shape index (κ3) is 13.9. The summed E-state index contributed by atoms with van der Waals surface area (Å²) in [6, 6.07) is 19.2. The number of aliphatic hydroxyl groups excluding tert-OH is 1. The van der Waals surface area contributed by atoms with Gasteiger partial charge in [0.15, 0.2) is 0 Å². The number of aliphatic hydroxyl groups is 1. The van der Waals surface area contributed by atoms with E-state index < -0.39 is 0 Å². The minimum Gasteiger partial charge on any atom is -0.400 e. The Morgan fingerprint density at radius 3 is 1.97 bits per heavy atom. The second kappa shape index (κ2) is 21.4. The molecule has 202 valence electrons. The predicted molar refractivity (Wildman–Crippen MR) is 151 cm³/mol. The molecule has 0 bridgehead atoms. The fourth-order valence-corrected chi connectivity index (χ4v) is 3.69. The molecule has 1 unspecified atom stereocenters. The van der Waals surface area contributed by atoms with Crippen molar-refractivity contribution >= 4 is 17.6 Å². The lowest BCUT2D eigenvalue weighted by molar-refractivity contribution is -0.129. The van der Waals surface area contributed by atoms with Crippen LogP contribution >= 0.6 is 0 Å². The summed E-state index contributed by atoms with van der Waals surface area (Å²) >= 11 is 0. The highest BCUT2D eigenvalue weighted by molar-refractivity contribution is 5.92. The summed E-state index contributed by atoms with van der Waals surface area (Å²) in [4.78, 5) is 28.8. The molecule has 0 aliphatic carbocycles. The maximum absolute atomic E-state index is 12.6. The molecule has 1 aliphatic rings. The summed E-state index contributed by atoms with van der Waals surface area (Å²) in [6.45, 7) is 12.1. The number of urea groups is 1. The van der Waals surface area contributed by atoms with Crippen molar-refractivity contribution in [1.29, 1.82) is 0 Å². The number of nitrogens with zero attached hydrogens (tertiary/aromatic N) is 2. The Hall–Kier alpha value is -2.90. The molecule has 1 aliphatic heterocycles. The fourth-order valence-electron chi connectivity index (χ4n) is 3.69. The van der Waals surface area contributed by atoms with Crippen molar-refractivity contribution in [3.63, 3.8) is 0 Å². The van der Waals surface area contributed by atoms with Crippen LogP contribution in [0.15, 0.2) is 60.7 Å². The van der Waals surface area contributed by atoms with Gasteiger partial charge in [-0.2, -0.15) is 0 Å². The Balaban J connectivity index is 0.00000159. The zero-order chi connectivity index (χ0) is 27.2. The Morgan fingerprint density at radius 2 is 1.44 bits per heavy atom. The summed E-state index contributed by atoms with van der Waals surface area (Å²) in [7, 11) is 2.80. The molecule has 3 rings (SSSR count). The first-order valence-electron chi connectivity index (χ1n) is 13.1. The summed E-state index contributed by atoms with van der Waals surface area (Å²) in [5.41, 5.74) is 1.94. The van der Waals surface area contributed by atoms with Crippen LogP contribution in [-0.4, -0.2) is 73.7 Å². The second-order valence-electron chi connectivity index (χ2n) is 8.27. The number of carbonyl (C=O) groups is 2. The second-order valence-corrected chi connectivity index (χ2v) is 8.27. The van der Waals surface area contributed by atoms with E-state index in [0.29, 0.717) is 12.2 Å². The molecule has 7 heteroatoms. The zero-order valence-electron chi connectivity index (χ0n) is 23.2. The van der Waals surface area contributed by atoms with Crippen LogP contribution < -0.4 is 10.6 Å². The molecule has 1 saturated heterocycles. The molecular formula is C29H48N4O3. The Kier molecular flexibility index (Phi) is 19.7. The average Bonchev–Trinajstić information content (AvgIpc) is 3.44. The molecule has 3 amide bonds. The highest BCUT2D eigenvalue weighted by Gasteiger charge is 2.22. The van der Waals surface area contributed by atoms with Gasteiger partial charge in [-0.15, -0.1) is 0 Å².